The molecule has 2 nitrogen and oxygen atoms in total. The Morgan fingerprint density at radius 2 is 0.810 bits per heavy atom. The number of hydrogen-bond acceptors (Lipinski definition) is 2. The van der Waals surface area contributed by atoms with Gasteiger partial charge in [-0.25, -0.2) is 0 Å². The van der Waals surface area contributed by atoms with Crippen molar-refractivity contribution in [2.24, 2.45) is 0 Å². The smallest absolute Gasteiger partial charge is 0.252 e. The molecular weight excluding hydrogens is 952 g/mol. The molecule has 0 bridgehead atoms. The highest BCUT2D eigenvalue weighted by molar-refractivity contribution is 7.00. The normalized spacial score (nSPS) is 15.5. The first-order valence-corrected chi connectivity index (χ1v) is 29.1. The van der Waals surface area contributed by atoms with Gasteiger partial charge >= 0.3 is 0 Å². The van der Waals surface area contributed by atoms with Crippen molar-refractivity contribution in [3.8, 4) is 22.3 Å². The minimum atomic E-state index is -0.256. The van der Waals surface area contributed by atoms with E-state index in [9.17, 15) is 0 Å². The molecule has 0 saturated heterocycles. The Balaban J connectivity index is 1.20. The largest absolute Gasteiger partial charge is 0.311 e. The van der Waals surface area contributed by atoms with Crippen molar-refractivity contribution in [3.05, 3.63) is 245 Å². The number of hydrogen-bond donors (Lipinski definition) is 0. The van der Waals surface area contributed by atoms with Gasteiger partial charge in [-0.15, -0.1) is 0 Å². The average molecular weight is 1030 g/mol. The second-order valence-electron chi connectivity index (χ2n) is 27.7. The molecule has 1 aliphatic carbocycles. The Morgan fingerprint density at radius 3 is 1.41 bits per heavy atom. The van der Waals surface area contributed by atoms with E-state index in [0.717, 1.165) is 18.5 Å². The first-order valence-electron chi connectivity index (χ1n) is 29.1. The van der Waals surface area contributed by atoms with Gasteiger partial charge in [0.15, 0.2) is 0 Å². The van der Waals surface area contributed by atoms with E-state index in [2.05, 4.69) is 307 Å². The van der Waals surface area contributed by atoms with Gasteiger partial charge in [-0.1, -0.05) is 243 Å². The van der Waals surface area contributed by atoms with Crippen LogP contribution in [-0.4, -0.2) is 6.71 Å². The van der Waals surface area contributed by atoms with Gasteiger partial charge in [0, 0.05) is 44.8 Å². The highest BCUT2D eigenvalue weighted by atomic mass is 15.2. The maximum absolute atomic E-state index is 2.72. The summed E-state index contributed by atoms with van der Waals surface area (Å²) in [5.74, 6) is 0. The predicted octanol–water partition coefficient (Wildman–Crippen LogP) is 18.7. The fourth-order valence-electron chi connectivity index (χ4n) is 13.4. The number of nitrogens with zero attached hydrogens (tertiary/aromatic N) is 2. The van der Waals surface area contributed by atoms with Crippen molar-refractivity contribution >= 4 is 57.2 Å². The molecule has 9 aromatic carbocycles. The van der Waals surface area contributed by atoms with Crippen molar-refractivity contribution < 1.29 is 0 Å². The molecule has 0 atom stereocenters. The van der Waals surface area contributed by atoms with E-state index >= 15 is 0 Å². The standard InChI is InChI=1S/C76H79BN2/c1-71(2,3)56-35-39-65(60(44-56)52-28-24-27-51(43-52)50-25-18-15-19-26-50)79-67-49-62-61(73(7,8)41-42-74(62,9)10)48-64(67)77-63-45-57(76(13,14)54-31-22-17-23-32-54)36-40-66(63)78(68-46-58(72(4,5)6)47-69(79)70(68)77)59-37-33-55(34-38-59)75(11,12)53-29-20-16-21-30-53/h15-40,43-49H,41-42H2,1-14H3. The Kier molecular flexibility index (Phi) is 12.3. The first-order chi connectivity index (χ1) is 37.4. The van der Waals surface area contributed by atoms with E-state index in [1.807, 2.05) is 0 Å². The van der Waals surface area contributed by atoms with Crippen molar-refractivity contribution in [3.63, 3.8) is 0 Å². The summed E-state index contributed by atoms with van der Waals surface area (Å²) in [7, 11) is 0. The second-order valence-corrected chi connectivity index (χ2v) is 27.7. The molecule has 0 N–H and O–H groups in total. The molecule has 0 amide bonds. The molecule has 396 valence electrons. The summed E-state index contributed by atoms with van der Waals surface area (Å²) in [4.78, 5) is 5.35. The van der Waals surface area contributed by atoms with Crippen LogP contribution in [0.3, 0.4) is 0 Å². The zero-order valence-corrected chi connectivity index (χ0v) is 49.4. The lowest BCUT2D eigenvalue weighted by molar-refractivity contribution is 0.332. The Hall–Kier alpha value is -7.36. The number of fused-ring (bicyclic) bond motifs is 5. The van der Waals surface area contributed by atoms with Gasteiger partial charge in [0.25, 0.3) is 6.71 Å². The molecular formula is C76H79BN2. The van der Waals surface area contributed by atoms with Crippen LogP contribution >= 0.6 is 0 Å². The SMILES string of the molecule is CC(C)(C)c1ccc(N2c3cc4c(cc3B3c5cc(C(C)(C)c6ccccc6)ccc5N(c5ccc(C(C)(C)c6ccccc6)cc5)c5cc(C(C)(C)C)cc2c53)C(C)(C)CCC4(C)C)c(-c2cccc(-c3ccccc3)c2)c1. The number of rotatable bonds is 8. The van der Waals surface area contributed by atoms with Crippen LogP contribution in [-0.2, 0) is 32.5 Å². The lowest BCUT2D eigenvalue weighted by Gasteiger charge is -2.48. The lowest BCUT2D eigenvalue weighted by Crippen LogP contribution is -2.62. The van der Waals surface area contributed by atoms with Crippen LogP contribution in [0.2, 0.25) is 0 Å². The molecule has 3 heteroatoms. The van der Waals surface area contributed by atoms with Crippen molar-refractivity contribution in [1.29, 1.82) is 0 Å². The van der Waals surface area contributed by atoms with Crippen LogP contribution in [0.1, 0.15) is 154 Å². The summed E-state index contributed by atoms with van der Waals surface area (Å²) in [6.07, 6.45) is 2.28. The van der Waals surface area contributed by atoms with Gasteiger partial charge in [0.1, 0.15) is 0 Å². The quantitative estimate of drug-likeness (QED) is 0.140. The third-order valence-electron chi connectivity index (χ3n) is 18.8. The molecule has 0 fully saturated rings. The summed E-state index contributed by atoms with van der Waals surface area (Å²) in [5, 5.41) is 0. The number of benzene rings is 9. The minimum Gasteiger partial charge on any atom is -0.311 e. The summed E-state index contributed by atoms with van der Waals surface area (Å²) in [5.41, 5.74) is 26.5. The maximum atomic E-state index is 2.72. The van der Waals surface area contributed by atoms with E-state index in [-0.39, 0.29) is 39.2 Å². The van der Waals surface area contributed by atoms with Gasteiger partial charge in [0.05, 0.1) is 5.69 Å². The van der Waals surface area contributed by atoms with E-state index in [1.54, 1.807) is 0 Å². The molecule has 2 aliphatic heterocycles. The topological polar surface area (TPSA) is 6.48 Å². The lowest BCUT2D eigenvalue weighted by atomic mass is 9.32. The molecule has 12 rings (SSSR count). The summed E-state index contributed by atoms with van der Waals surface area (Å²) in [6, 6.07) is 77.1. The summed E-state index contributed by atoms with van der Waals surface area (Å²) in [6.45, 7) is 33.6. The van der Waals surface area contributed by atoms with Gasteiger partial charge in [-0.3, -0.25) is 0 Å². The Bertz CT molecular complexity index is 3790. The molecule has 3 aliphatic rings. The fraction of sp³-hybridized carbons (Fsp3) is 0.289. The van der Waals surface area contributed by atoms with Gasteiger partial charge in [-0.05, 0) is 167 Å². The van der Waals surface area contributed by atoms with E-state index in [0.29, 0.717) is 0 Å². The van der Waals surface area contributed by atoms with Crippen LogP contribution in [0.4, 0.5) is 34.1 Å². The van der Waals surface area contributed by atoms with Crippen LogP contribution in [0.15, 0.2) is 200 Å². The van der Waals surface area contributed by atoms with E-state index in [1.165, 1.54) is 112 Å². The third kappa shape index (κ3) is 8.88. The van der Waals surface area contributed by atoms with Crippen molar-refractivity contribution in [2.45, 2.75) is 142 Å². The summed E-state index contributed by atoms with van der Waals surface area (Å²) >= 11 is 0. The third-order valence-corrected chi connectivity index (χ3v) is 18.8. The van der Waals surface area contributed by atoms with E-state index < -0.39 is 0 Å². The molecule has 0 aromatic heterocycles. The Morgan fingerprint density at radius 1 is 0.342 bits per heavy atom. The molecule has 0 saturated carbocycles. The monoisotopic (exact) mass is 1030 g/mol. The predicted molar refractivity (Wildman–Crippen MR) is 341 cm³/mol. The maximum Gasteiger partial charge on any atom is 0.252 e. The molecule has 79 heavy (non-hydrogen) atoms. The zero-order valence-electron chi connectivity index (χ0n) is 49.4. The Labute approximate surface area is 473 Å². The minimum absolute atomic E-state index is 0.00272. The van der Waals surface area contributed by atoms with Crippen LogP contribution in [0, 0.1) is 0 Å². The van der Waals surface area contributed by atoms with Crippen LogP contribution in [0.25, 0.3) is 22.3 Å². The van der Waals surface area contributed by atoms with Gasteiger partial charge in [-0.2, -0.15) is 0 Å². The van der Waals surface area contributed by atoms with Crippen molar-refractivity contribution in [1.82, 2.24) is 0 Å². The molecule has 0 radical (unpaired) electrons. The first kappa shape index (κ1) is 52.3. The zero-order chi connectivity index (χ0) is 55.6. The highest BCUT2D eigenvalue weighted by Gasteiger charge is 2.48. The molecule has 0 spiro atoms. The summed E-state index contributed by atoms with van der Waals surface area (Å²) < 4.78 is 0. The number of anilines is 6. The van der Waals surface area contributed by atoms with Gasteiger partial charge < -0.3 is 9.80 Å². The highest BCUT2D eigenvalue weighted by Crippen LogP contribution is 2.53. The van der Waals surface area contributed by atoms with Crippen LogP contribution in [0.5, 0.6) is 0 Å². The fourth-order valence-corrected chi connectivity index (χ4v) is 13.4. The molecule has 0 unspecified atom stereocenters. The van der Waals surface area contributed by atoms with Gasteiger partial charge in [0.2, 0.25) is 0 Å². The average Bonchev–Trinajstić information content (AvgIpc) is 2.64. The van der Waals surface area contributed by atoms with Crippen LogP contribution < -0.4 is 26.2 Å². The van der Waals surface area contributed by atoms with Crippen molar-refractivity contribution in [2.75, 3.05) is 9.80 Å². The van der Waals surface area contributed by atoms with E-state index in [4.69, 9.17) is 0 Å². The molecule has 9 aromatic rings. The molecule has 2 heterocycles. The second kappa shape index (κ2) is 18.6.